The number of Topliss-reactive ketones (excluding diaryl/α,β-unsaturated/α-hetero) is 1. The molecule has 7 nitrogen and oxygen atoms in total. The van der Waals surface area contributed by atoms with Crippen LogP contribution in [0, 0.1) is 46.3 Å². The number of ketones is 1. The van der Waals surface area contributed by atoms with E-state index in [0.717, 1.165) is 48.3 Å². The number of carboxylic acid groups (broad SMARTS) is 2. The molecule has 0 aromatic heterocycles. The predicted molar refractivity (Wildman–Crippen MR) is 173 cm³/mol. The zero-order chi connectivity index (χ0) is 32.1. The van der Waals surface area contributed by atoms with Gasteiger partial charge in [0.2, 0.25) is 0 Å². The van der Waals surface area contributed by atoms with Crippen LogP contribution >= 0.6 is 0 Å². The van der Waals surface area contributed by atoms with Crippen LogP contribution in [0.15, 0.2) is 11.6 Å². The van der Waals surface area contributed by atoms with Crippen LogP contribution in [0.1, 0.15) is 125 Å². The zero-order valence-corrected chi connectivity index (χ0v) is 28.3. The zero-order valence-electron chi connectivity index (χ0n) is 28.3. The van der Waals surface area contributed by atoms with Gasteiger partial charge in [0.15, 0.2) is 0 Å². The van der Waals surface area contributed by atoms with Gasteiger partial charge in [-0.3, -0.25) is 19.3 Å². The minimum atomic E-state index is -1.09. The summed E-state index contributed by atoms with van der Waals surface area (Å²) in [7, 11) is 0. The highest BCUT2D eigenvalue weighted by Gasteiger charge is 2.59. The summed E-state index contributed by atoms with van der Waals surface area (Å²) in [4.78, 5) is 35.6. The molecular weight excluding hydrogens is 554 g/mol. The van der Waals surface area contributed by atoms with E-state index >= 15 is 0 Å². The molecule has 0 saturated heterocycles. The minimum absolute atomic E-state index is 0.0232. The number of ether oxygens (including phenoxy) is 1. The van der Waals surface area contributed by atoms with Crippen molar-refractivity contribution in [3.8, 4) is 0 Å². The maximum absolute atomic E-state index is 12.4. The van der Waals surface area contributed by atoms with Gasteiger partial charge in [-0.05, 0) is 104 Å². The summed E-state index contributed by atoms with van der Waals surface area (Å²) in [6.07, 6.45) is 18.4. The van der Waals surface area contributed by atoms with Gasteiger partial charge in [0.05, 0.1) is 19.2 Å². The summed E-state index contributed by atoms with van der Waals surface area (Å²) in [6.45, 7) is 12.4. The molecule has 4 aliphatic rings. The number of carbonyl (C=O) groups is 3. The van der Waals surface area contributed by atoms with Crippen LogP contribution in [-0.4, -0.2) is 65.2 Å². The Morgan fingerprint density at radius 1 is 0.932 bits per heavy atom. The van der Waals surface area contributed by atoms with Gasteiger partial charge >= 0.3 is 11.9 Å². The fraction of sp³-hybridized carbons (Fsp3) is 0.865. The molecule has 2 N–H and O–H groups in total. The Balaban J connectivity index is 1.23. The highest BCUT2D eigenvalue weighted by atomic mass is 16.5. The first-order valence-electron chi connectivity index (χ1n) is 17.8. The summed E-state index contributed by atoms with van der Waals surface area (Å²) in [6, 6.07) is 0. The first-order chi connectivity index (χ1) is 20.8. The third-order valence-corrected chi connectivity index (χ3v) is 12.6. The summed E-state index contributed by atoms with van der Waals surface area (Å²) in [5.41, 5.74) is 2.45. The van der Waals surface area contributed by atoms with Crippen molar-refractivity contribution in [2.45, 2.75) is 131 Å². The predicted octanol–water partition coefficient (Wildman–Crippen LogP) is 7.62. The van der Waals surface area contributed by atoms with Crippen molar-refractivity contribution >= 4 is 17.7 Å². The van der Waals surface area contributed by atoms with Crippen molar-refractivity contribution in [3.63, 3.8) is 0 Å². The number of carbonyl (C=O) groups excluding carboxylic acids is 1. The van der Waals surface area contributed by atoms with Gasteiger partial charge in [-0.15, -0.1) is 0 Å². The molecule has 0 aromatic rings. The van der Waals surface area contributed by atoms with E-state index in [-0.39, 0.29) is 37.9 Å². The lowest BCUT2D eigenvalue weighted by atomic mass is 9.47. The molecule has 7 heteroatoms. The minimum Gasteiger partial charge on any atom is -0.480 e. The summed E-state index contributed by atoms with van der Waals surface area (Å²) < 4.78 is 6.31. The molecule has 3 fully saturated rings. The van der Waals surface area contributed by atoms with E-state index in [0.29, 0.717) is 30.3 Å². The van der Waals surface area contributed by atoms with Crippen molar-refractivity contribution in [1.29, 1.82) is 0 Å². The average molecular weight is 616 g/mol. The number of allylic oxidation sites excluding steroid dienone is 1. The van der Waals surface area contributed by atoms with Crippen LogP contribution in [-0.2, 0) is 19.1 Å². The Bertz CT molecular complexity index is 1020. The van der Waals surface area contributed by atoms with E-state index < -0.39 is 11.9 Å². The molecule has 0 radical (unpaired) electrons. The standard InChI is InChI=1S/C37H61NO6/c1-25(2)8-6-9-26(3)31-13-14-32-30-12-11-27-22-29(15-18-36(27,4)33(30)16-19-37(31,32)5)44-21-7-10-28(39)17-20-38(23-34(40)41)24-35(42)43/h11,25-26,29-33H,6-10,12-24H2,1-5H3,(H,40,41)(H,42,43)/t26-,29+,30?,31-,32?,33?,36+,37-/m1/s1. The molecular formula is C37H61NO6. The first kappa shape index (κ1) is 35.1. The number of carboxylic acids is 2. The lowest BCUT2D eigenvalue weighted by Gasteiger charge is -2.58. The quantitative estimate of drug-likeness (QED) is 0.128. The molecule has 8 atom stereocenters. The van der Waals surface area contributed by atoms with Crippen LogP contribution in [0.4, 0.5) is 0 Å². The van der Waals surface area contributed by atoms with E-state index in [1.54, 1.807) is 5.57 Å². The van der Waals surface area contributed by atoms with Crippen molar-refractivity contribution in [3.05, 3.63) is 11.6 Å². The molecule has 250 valence electrons. The first-order valence-corrected chi connectivity index (χ1v) is 17.8. The summed E-state index contributed by atoms with van der Waals surface area (Å²) in [5, 5.41) is 17.9. The second-order valence-electron chi connectivity index (χ2n) is 15.9. The van der Waals surface area contributed by atoms with Gasteiger partial charge in [-0.25, -0.2) is 0 Å². The van der Waals surface area contributed by atoms with Crippen molar-refractivity contribution in [2.24, 2.45) is 46.3 Å². The number of hydrogen-bond acceptors (Lipinski definition) is 5. The average Bonchev–Trinajstić information content (AvgIpc) is 3.30. The Morgan fingerprint density at radius 3 is 2.34 bits per heavy atom. The molecule has 4 aliphatic carbocycles. The monoisotopic (exact) mass is 615 g/mol. The summed E-state index contributed by atoms with van der Waals surface area (Å²) >= 11 is 0. The molecule has 0 amide bonds. The van der Waals surface area contributed by atoms with Gasteiger partial charge in [0.1, 0.15) is 5.78 Å². The van der Waals surface area contributed by atoms with E-state index in [9.17, 15) is 14.4 Å². The SMILES string of the molecule is CC(C)CCC[C@@H](C)[C@H]1CCC2C3CC=C4C[C@@H](OCCCC(=O)CCN(CC(=O)O)CC(=O)O)CC[C@]4(C)C3CC[C@@]21C. The highest BCUT2D eigenvalue weighted by molar-refractivity contribution is 5.79. The fourth-order valence-electron chi connectivity index (χ4n) is 10.3. The Morgan fingerprint density at radius 2 is 1.66 bits per heavy atom. The Hall–Kier alpha value is -1.73. The van der Waals surface area contributed by atoms with Gasteiger partial charge in [0, 0.05) is 26.0 Å². The molecule has 3 unspecified atom stereocenters. The normalized spacial score (nSPS) is 33.8. The molecule has 0 spiro atoms. The van der Waals surface area contributed by atoms with E-state index in [2.05, 4.69) is 40.7 Å². The molecule has 3 saturated carbocycles. The van der Waals surface area contributed by atoms with Crippen molar-refractivity contribution in [2.75, 3.05) is 26.2 Å². The van der Waals surface area contributed by atoms with Crippen molar-refractivity contribution in [1.82, 2.24) is 4.90 Å². The number of nitrogens with zero attached hydrogens (tertiary/aromatic N) is 1. The highest BCUT2D eigenvalue weighted by Crippen LogP contribution is 2.67. The van der Waals surface area contributed by atoms with Crippen LogP contribution in [0.5, 0.6) is 0 Å². The molecule has 0 aliphatic heterocycles. The van der Waals surface area contributed by atoms with Crippen molar-refractivity contribution < 1.29 is 29.3 Å². The Kier molecular flexibility index (Phi) is 12.2. The van der Waals surface area contributed by atoms with Gasteiger partial charge in [0.25, 0.3) is 0 Å². The Labute approximate surface area is 266 Å². The maximum atomic E-state index is 12.4. The molecule has 44 heavy (non-hydrogen) atoms. The largest absolute Gasteiger partial charge is 0.480 e. The van der Waals surface area contributed by atoms with E-state index in [1.165, 1.54) is 62.7 Å². The molecule has 0 heterocycles. The van der Waals surface area contributed by atoms with Crippen LogP contribution in [0.2, 0.25) is 0 Å². The van der Waals surface area contributed by atoms with Crippen LogP contribution in [0.25, 0.3) is 0 Å². The molecule has 0 aromatic carbocycles. The van der Waals surface area contributed by atoms with Gasteiger partial charge in [-0.2, -0.15) is 0 Å². The maximum Gasteiger partial charge on any atom is 0.317 e. The lowest BCUT2D eigenvalue weighted by molar-refractivity contribution is -0.142. The third-order valence-electron chi connectivity index (χ3n) is 12.6. The molecule has 4 rings (SSSR count). The second kappa shape index (κ2) is 15.2. The summed E-state index contributed by atoms with van der Waals surface area (Å²) in [5.74, 6) is 2.90. The lowest BCUT2D eigenvalue weighted by Crippen LogP contribution is -2.51. The second-order valence-corrected chi connectivity index (χ2v) is 15.9. The van der Waals surface area contributed by atoms with E-state index in [1.807, 2.05) is 0 Å². The topological polar surface area (TPSA) is 104 Å². The van der Waals surface area contributed by atoms with Crippen LogP contribution < -0.4 is 0 Å². The number of aliphatic carboxylic acids is 2. The smallest absolute Gasteiger partial charge is 0.317 e. The van der Waals surface area contributed by atoms with Gasteiger partial charge < -0.3 is 14.9 Å². The van der Waals surface area contributed by atoms with Gasteiger partial charge in [-0.1, -0.05) is 65.5 Å². The van der Waals surface area contributed by atoms with E-state index in [4.69, 9.17) is 14.9 Å². The third kappa shape index (κ3) is 8.34. The fourth-order valence-corrected chi connectivity index (χ4v) is 10.3. The number of hydrogen-bond donors (Lipinski definition) is 2. The number of fused-ring (bicyclic) bond motifs is 5. The van der Waals surface area contributed by atoms with Crippen LogP contribution in [0.3, 0.4) is 0 Å². The molecule has 0 bridgehead atoms. The number of rotatable bonds is 17.